The van der Waals surface area contributed by atoms with Gasteiger partial charge in [-0.1, -0.05) is 0 Å². The predicted octanol–water partition coefficient (Wildman–Crippen LogP) is 3.22. The van der Waals surface area contributed by atoms with Crippen molar-refractivity contribution >= 4 is 35.0 Å². The van der Waals surface area contributed by atoms with E-state index < -0.39 is 5.41 Å². The third kappa shape index (κ3) is 4.38. The molecule has 2 aromatic carbocycles. The molecule has 2 heterocycles. The molecule has 2 aromatic rings. The maximum Gasteiger partial charge on any atom is 0.253 e. The van der Waals surface area contributed by atoms with Crippen LogP contribution in [0.5, 0.6) is 5.75 Å². The molecule has 0 radical (unpaired) electrons. The van der Waals surface area contributed by atoms with Crippen LogP contribution in [0.4, 0.5) is 11.4 Å². The highest BCUT2D eigenvalue weighted by Crippen LogP contribution is 2.44. The molecule has 36 heavy (non-hydrogen) atoms. The third-order valence-electron chi connectivity index (χ3n) is 7.31. The molecule has 2 aliphatic rings. The molecule has 9 heteroatoms. The molecule has 4 rings (SSSR count). The number of nitrogens with two attached hydrogens (primary N) is 1. The van der Waals surface area contributed by atoms with Gasteiger partial charge in [0, 0.05) is 67.6 Å². The Hall–Kier alpha value is -4.32. The fraction of sp³-hybridized carbons (Fsp3) is 0.333. The Labute approximate surface area is 210 Å². The first-order valence-corrected chi connectivity index (χ1v) is 11.8. The molecule has 3 N–H and O–H groups in total. The first kappa shape index (κ1) is 24.8. The number of nitrogens with zero attached hydrogens (tertiary/aromatic N) is 4. The van der Waals surface area contributed by atoms with E-state index in [4.69, 9.17) is 21.1 Å². The molecule has 2 saturated heterocycles. The molecule has 9 nitrogen and oxygen atoms in total. The van der Waals surface area contributed by atoms with Crippen LogP contribution in [0, 0.1) is 22.3 Å². The Morgan fingerprint density at radius 3 is 2.42 bits per heavy atom. The first-order chi connectivity index (χ1) is 17.4. The third-order valence-corrected chi connectivity index (χ3v) is 7.31. The average Bonchev–Trinajstić information content (AvgIpc) is 3.24. The monoisotopic (exact) mass is 486 g/mol. The number of hydrogen-bond donors (Lipinski definition) is 2. The number of benzene rings is 2. The summed E-state index contributed by atoms with van der Waals surface area (Å²) in [6.07, 6.45) is 6.54. The fourth-order valence-electron chi connectivity index (χ4n) is 5.04. The van der Waals surface area contributed by atoms with Crippen molar-refractivity contribution in [1.82, 2.24) is 4.90 Å². The Morgan fingerprint density at radius 1 is 1.17 bits per heavy atom. The minimum Gasteiger partial charge on any atom is -0.496 e. The highest BCUT2D eigenvalue weighted by Gasteiger charge is 2.49. The van der Waals surface area contributed by atoms with E-state index >= 15 is 0 Å². The van der Waals surface area contributed by atoms with E-state index in [0.717, 1.165) is 17.8 Å². The number of carbonyl (C=O) groups excluding carboxylic acids is 2. The van der Waals surface area contributed by atoms with Crippen molar-refractivity contribution in [2.45, 2.75) is 19.3 Å². The van der Waals surface area contributed by atoms with Crippen LogP contribution in [0.1, 0.15) is 35.2 Å². The second-order valence-corrected chi connectivity index (χ2v) is 9.14. The van der Waals surface area contributed by atoms with E-state index in [9.17, 15) is 9.59 Å². The normalized spacial score (nSPS) is 17.1. The highest BCUT2D eigenvalue weighted by molar-refractivity contribution is 6.09. The molecule has 1 spiro atoms. The smallest absolute Gasteiger partial charge is 0.253 e. The number of amides is 2. The fourth-order valence-corrected chi connectivity index (χ4v) is 5.04. The second-order valence-electron chi connectivity index (χ2n) is 9.14. The number of methoxy groups -OCH3 is 1. The minimum absolute atomic E-state index is 0.0615. The highest BCUT2D eigenvalue weighted by atomic mass is 16.5. The van der Waals surface area contributed by atoms with Crippen LogP contribution in [0.25, 0.3) is 5.57 Å². The molecule has 0 unspecified atom stereocenters. The second kappa shape index (κ2) is 10.1. The Bertz CT molecular complexity index is 1240. The molecule has 0 saturated carbocycles. The summed E-state index contributed by atoms with van der Waals surface area (Å²) in [6, 6.07) is 12.5. The lowest BCUT2D eigenvalue weighted by atomic mass is 9.77. The van der Waals surface area contributed by atoms with Gasteiger partial charge in [0.1, 0.15) is 5.75 Å². The van der Waals surface area contributed by atoms with Crippen LogP contribution >= 0.6 is 0 Å². The molecular formula is C27H30N6O3. The van der Waals surface area contributed by atoms with Gasteiger partial charge in [0.05, 0.1) is 18.2 Å². The van der Waals surface area contributed by atoms with Gasteiger partial charge in [-0.25, -0.2) is 0 Å². The molecule has 0 aromatic heterocycles. The number of rotatable bonds is 6. The molecule has 186 valence electrons. The SMILES string of the molecule is COc1cc(N2CCC3(CCN(C(=O)c4ccc(N(C)C#N)cc4)CC3)C2=O)ccc1/C(C=N)=C/N. The van der Waals surface area contributed by atoms with E-state index in [1.807, 2.05) is 24.4 Å². The predicted molar refractivity (Wildman–Crippen MR) is 139 cm³/mol. The van der Waals surface area contributed by atoms with Gasteiger partial charge in [0.25, 0.3) is 5.91 Å². The zero-order chi connectivity index (χ0) is 25.9. The summed E-state index contributed by atoms with van der Waals surface area (Å²) in [4.78, 5) is 31.6. The summed E-state index contributed by atoms with van der Waals surface area (Å²) in [5.41, 5.74) is 8.43. The van der Waals surface area contributed by atoms with E-state index in [-0.39, 0.29) is 11.8 Å². The standard InChI is InChI=1S/C27H30N6O3/c1-31(18-30)21-5-3-19(4-6-21)25(34)32-12-9-27(10-13-32)11-14-33(26(27)35)22-7-8-23(20(16-28)17-29)24(15-22)36-2/h3-8,15-17,28H,9-14,29H2,1-2H3/b20-17+,28-16?. The number of carbonyl (C=O) groups is 2. The number of piperidine rings is 1. The lowest BCUT2D eigenvalue weighted by molar-refractivity contribution is -0.127. The molecule has 0 bridgehead atoms. The van der Waals surface area contributed by atoms with Gasteiger partial charge in [-0.05, 0) is 55.7 Å². The van der Waals surface area contributed by atoms with Crippen molar-refractivity contribution in [2.24, 2.45) is 11.1 Å². The van der Waals surface area contributed by atoms with Gasteiger partial charge in [-0.2, -0.15) is 5.26 Å². The van der Waals surface area contributed by atoms with Crippen molar-refractivity contribution in [1.29, 1.82) is 10.7 Å². The van der Waals surface area contributed by atoms with Crippen LogP contribution in [0.2, 0.25) is 0 Å². The van der Waals surface area contributed by atoms with Crippen LogP contribution in [-0.4, -0.2) is 56.7 Å². The summed E-state index contributed by atoms with van der Waals surface area (Å²) in [5.74, 6) is 0.567. The minimum atomic E-state index is -0.473. The van der Waals surface area contributed by atoms with Crippen molar-refractivity contribution in [3.8, 4) is 11.9 Å². The summed E-state index contributed by atoms with van der Waals surface area (Å²) in [6.45, 7) is 1.64. The first-order valence-electron chi connectivity index (χ1n) is 11.8. The number of ether oxygens (including phenoxy) is 1. The maximum absolute atomic E-state index is 13.6. The van der Waals surface area contributed by atoms with Crippen LogP contribution in [0.15, 0.2) is 48.7 Å². The summed E-state index contributed by atoms with van der Waals surface area (Å²) < 4.78 is 5.51. The van der Waals surface area contributed by atoms with E-state index in [0.29, 0.717) is 54.9 Å². The summed E-state index contributed by atoms with van der Waals surface area (Å²) >= 11 is 0. The largest absolute Gasteiger partial charge is 0.496 e. The van der Waals surface area contributed by atoms with E-state index in [1.165, 1.54) is 17.3 Å². The van der Waals surface area contributed by atoms with Crippen LogP contribution in [0.3, 0.4) is 0 Å². The zero-order valence-corrected chi connectivity index (χ0v) is 20.5. The van der Waals surface area contributed by atoms with Crippen molar-refractivity contribution in [3.05, 3.63) is 59.8 Å². The van der Waals surface area contributed by atoms with Crippen molar-refractivity contribution in [3.63, 3.8) is 0 Å². The Kier molecular flexibility index (Phi) is 6.97. The number of nitriles is 1. The number of likely N-dealkylation sites (tertiary alicyclic amines) is 1. The van der Waals surface area contributed by atoms with E-state index in [2.05, 4.69) is 0 Å². The number of allylic oxidation sites excluding steroid dienone is 1. The van der Waals surface area contributed by atoms with Crippen LogP contribution < -0.4 is 20.3 Å². The van der Waals surface area contributed by atoms with Gasteiger partial charge < -0.3 is 25.7 Å². The molecular weight excluding hydrogens is 456 g/mol. The Balaban J connectivity index is 1.45. The molecule has 0 atom stereocenters. The lowest BCUT2D eigenvalue weighted by Gasteiger charge is -2.38. The topological polar surface area (TPSA) is 127 Å². The number of anilines is 2. The van der Waals surface area contributed by atoms with Crippen LogP contribution in [-0.2, 0) is 4.79 Å². The molecule has 2 aliphatic heterocycles. The van der Waals surface area contributed by atoms with Gasteiger partial charge in [0.15, 0.2) is 6.19 Å². The zero-order valence-electron chi connectivity index (χ0n) is 20.5. The van der Waals surface area contributed by atoms with Crippen molar-refractivity contribution in [2.75, 3.05) is 43.6 Å². The summed E-state index contributed by atoms with van der Waals surface area (Å²) in [5, 5.41) is 16.6. The van der Waals surface area contributed by atoms with Gasteiger partial charge in [-0.3, -0.25) is 14.5 Å². The summed E-state index contributed by atoms with van der Waals surface area (Å²) in [7, 11) is 3.22. The number of nitrogens with one attached hydrogen (secondary N) is 1. The molecule has 0 aliphatic carbocycles. The molecule has 2 fully saturated rings. The number of hydrogen-bond acceptors (Lipinski definition) is 7. The van der Waals surface area contributed by atoms with Gasteiger partial charge in [-0.15, -0.1) is 0 Å². The molecule has 2 amide bonds. The van der Waals surface area contributed by atoms with Crippen molar-refractivity contribution < 1.29 is 14.3 Å². The van der Waals surface area contributed by atoms with Gasteiger partial charge in [0.2, 0.25) is 5.91 Å². The van der Waals surface area contributed by atoms with Gasteiger partial charge >= 0.3 is 0 Å². The quantitative estimate of drug-likeness (QED) is 0.367. The lowest BCUT2D eigenvalue weighted by Crippen LogP contribution is -2.46. The Morgan fingerprint density at radius 2 is 1.83 bits per heavy atom. The average molecular weight is 487 g/mol. The maximum atomic E-state index is 13.6. The van der Waals surface area contributed by atoms with E-state index in [1.54, 1.807) is 48.2 Å².